The van der Waals surface area contributed by atoms with Crippen molar-refractivity contribution in [2.45, 2.75) is 44.8 Å². The molecule has 1 aliphatic heterocycles. The standard InChI is InChI=1S/C8H15ClO/c1-2-3-4-5-7-8(6-9)10-7/h7-8H,2-6H2,1H3/t7-,8-/m0/s1. The molecule has 60 valence electrons. The highest BCUT2D eigenvalue weighted by molar-refractivity contribution is 6.18. The van der Waals surface area contributed by atoms with Crippen LogP contribution in [0.4, 0.5) is 0 Å². The fraction of sp³-hybridized carbons (Fsp3) is 1.00. The van der Waals surface area contributed by atoms with E-state index in [1.807, 2.05) is 0 Å². The van der Waals surface area contributed by atoms with Crippen molar-refractivity contribution in [2.75, 3.05) is 5.88 Å². The Hall–Kier alpha value is 0.250. The van der Waals surface area contributed by atoms with Crippen LogP contribution >= 0.6 is 11.6 Å². The van der Waals surface area contributed by atoms with Gasteiger partial charge < -0.3 is 4.74 Å². The summed E-state index contributed by atoms with van der Waals surface area (Å²) >= 11 is 5.58. The number of alkyl halides is 1. The number of unbranched alkanes of at least 4 members (excludes halogenated alkanes) is 2. The fourth-order valence-electron chi connectivity index (χ4n) is 1.16. The van der Waals surface area contributed by atoms with Gasteiger partial charge in [-0.3, -0.25) is 0 Å². The van der Waals surface area contributed by atoms with Gasteiger partial charge in [0.1, 0.15) is 0 Å². The van der Waals surface area contributed by atoms with Gasteiger partial charge in [-0.1, -0.05) is 26.2 Å². The van der Waals surface area contributed by atoms with Gasteiger partial charge in [-0.15, -0.1) is 11.6 Å². The minimum absolute atomic E-state index is 0.388. The van der Waals surface area contributed by atoms with Crippen molar-refractivity contribution in [1.82, 2.24) is 0 Å². The molecular weight excluding hydrogens is 148 g/mol. The molecule has 0 bridgehead atoms. The van der Waals surface area contributed by atoms with E-state index >= 15 is 0 Å². The summed E-state index contributed by atoms with van der Waals surface area (Å²) in [5.41, 5.74) is 0. The Balaban J connectivity index is 1.87. The van der Waals surface area contributed by atoms with Crippen LogP contribution in [0.1, 0.15) is 32.6 Å². The predicted octanol–water partition coefficient (Wildman–Crippen LogP) is 2.57. The van der Waals surface area contributed by atoms with E-state index in [-0.39, 0.29) is 0 Å². The Bertz CT molecular complexity index is 95.3. The zero-order chi connectivity index (χ0) is 7.40. The SMILES string of the molecule is CCCCC[C@@H]1O[C@H]1CCl. The van der Waals surface area contributed by atoms with Crippen molar-refractivity contribution in [1.29, 1.82) is 0 Å². The second-order valence-electron chi connectivity index (χ2n) is 2.86. The monoisotopic (exact) mass is 162 g/mol. The van der Waals surface area contributed by atoms with Crippen LogP contribution in [-0.4, -0.2) is 18.1 Å². The van der Waals surface area contributed by atoms with Crippen molar-refractivity contribution in [3.05, 3.63) is 0 Å². The largest absolute Gasteiger partial charge is 0.368 e. The van der Waals surface area contributed by atoms with Gasteiger partial charge >= 0.3 is 0 Å². The van der Waals surface area contributed by atoms with Crippen LogP contribution in [-0.2, 0) is 4.74 Å². The molecule has 1 aliphatic rings. The topological polar surface area (TPSA) is 12.5 Å². The number of hydrogen-bond donors (Lipinski definition) is 0. The van der Waals surface area contributed by atoms with Gasteiger partial charge in [0.05, 0.1) is 18.1 Å². The summed E-state index contributed by atoms with van der Waals surface area (Å²) in [4.78, 5) is 0. The molecule has 0 amide bonds. The summed E-state index contributed by atoms with van der Waals surface area (Å²) in [5, 5.41) is 0. The van der Waals surface area contributed by atoms with E-state index in [9.17, 15) is 0 Å². The number of hydrogen-bond acceptors (Lipinski definition) is 1. The first-order valence-corrected chi connectivity index (χ1v) is 4.63. The molecule has 1 saturated heterocycles. The lowest BCUT2D eigenvalue weighted by molar-refractivity contribution is 0.366. The second-order valence-corrected chi connectivity index (χ2v) is 3.17. The minimum Gasteiger partial charge on any atom is -0.368 e. The third-order valence-electron chi connectivity index (χ3n) is 1.93. The summed E-state index contributed by atoms with van der Waals surface area (Å²) in [5.74, 6) is 0.677. The van der Waals surface area contributed by atoms with Crippen LogP contribution in [0, 0.1) is 0 Å². The lowest BCUT2D eigenvalue weighted by Gasteiger charge is -1.92. The molecule has 1 nitrogen and oxygen atoms in total. The van der Waals surface area contributed by atoms with Crippen LogP contribution in [0.2, 0.25) is 0 Å². The molecule has 0 aromatic carbocycles. The zero-order valence-corrected chi connectivity index (χ0v) is 7.23. The molecule has 0 unspecified atom stereocenters. The first-order chi connectivity index (χ1) is 4.88. The molecular formula is C8H15ClO. The highest BCUT2D eigenvalue weighted by Gasteiger charge is 2.36. The molecule has 0 spiro atoms. The maximum atomic E-state index is 5.58. The average Bonchev–Trinajstić information content (AvgIpc) is 2.68. The lowest BCUT2D eigenvalue weighted by atomic mass is 10.1. The second kappa shape index (κ2) is 4.20. The molecule has 10 heavy (non-hydrogen) atoms. The molecule has 0 N–H and O–H groups in total. The van der Waals surface area contributed by atoms with E-state index in [0.29, 0.717) is 18.1 Å². The first-order valence-electron chi connectivity index (χ1n) is 4.10. The molecule has 0 aliphatic carbocycles. The molecule has 1 rings (SSSR count). The van der Waals surface area contributed by atoms with Crippen LogP contribution in [0.5, 0.6) is 0 Å². The predicted molar refractivity (Wildman–Crippen MR) is 43.5 cm³/mol. The van der Waals surface area contributed by atoms with E-state index < -0.39 is 0 Å². The number of ether oxygens (including phenoxy) is 1. The summed E-state index contributed by atoms with van der Waals surface area (Å²) in [7, 11) is 0. The molecule has 2 atom stereocenters. The van der Waals surface area contributed by atoms with E-state index in [0.717, 1.165) is 0 Å². The first kappa shape index (κ1) is 8.35. The van der Waals surface area contributed by atoms with Crippen molar-refractivity contribution >= 4 is 11.6 Å². The molecule has 0 aromatic heterocycles. The summed E-state index contributed by atoms with van der Waals surface area (Å²) in [6, 6.07) is 0. The molecule has 0 radical (unpaired) electrons. The number of epoxide rings is 1. The third kappa shape index (κ3) is 2.47. The van der Waals surface area contributed by atoms with Crippen molar-refractivity contribution in [2.24, 2.45) is 0 Å². The van der Waals surface area contributed by atoms with E-state index in [1.54, 1.807) is 0 Å². The van der Waals surface area contributed by atoms with Gasteiger partial charge in [0.2, 0.25) is 0 Å². The Morgan fingerprint density at radius 2 is 2.10 bits per heavy atom. The summed E-state index contributed by atoms with van der Waals surface area (Å²) in [6.45, 7) is 2.22. The van der Waals surface area contributed by atoms with Gasteiger partial charge in [-0.2, -0.15) is 0 Å². The lowest BCUT2D eigenvalue weighted by Crippen LogP contribution is -1.94. The van der Waals surface area contributed by atoms with Gasteiger partial charge in [0.15, 0.2) is 0 Å². The van der Waals surface area contributed by atoms with Crippen molar-refractivity contribution < 1.29 is 4.74 Å². The molecule has 0 saturated carbocycles. The smallest absolute Gasteiger partial charge is 0.0976 e. The molecule has 0 aromatic rings. The Morgan fingerprint density at radius 3 is 2.60 bits per heavy atom. The van der Waals surface area contributed by atoms with Gasteiger partial charge in [-0.25, -0.2) is 0 Å². The number of rotatable bonds is 5. The normalized spacial score (nSPS) is 30.6. The maximum Gasteiger partial charge on any atom is 0.0976 e. The van der Waals surface area contributed by atoms with E-state index in [2.05, 4.69) is 6.92 Å². The molecule has 2 heteroatoms. The maximum absolute atomic E-state index is 5.58. The molecule has 1 fully saturated rings. The Morgan fingerprint density at radius 1 is 1.30 bits per heavy atom. The molecule has 1 heterocycles. The van der Waals surface area contributed by atoms with Crippen LogP contribution in [0.15, 0.2) is 0 Å². The van der Waals surface area contributed by atoms with Gasteiger partial charge in [0.25, 0.3) is 0 Å². The van der Waals surface area contributed by atoms with E-state index in [4.69, 9.17) is 16.3 Å². The highest BCUT2D eigenvalue weighted by Crippen LogP contribution is 2.27. The van der Waals surface area contributed by atoms with Crippen LogP contribution in [0.3, 0.4) is 0 Å². The quantitative estimate of drug-likeness (QED) is 0.344. The fourth-order valence-corrected chi connectivity index (χ4v) is 1.44. The van der Waals surface area contributed by atoms with E-state index in [1.165, 1.54) is 25.7 Å². The minimum atomic E-state index is 0.388. The summed E-state index contributed by atoms with van der Waals surface area (Å²) < 4.78 is 5.28. The summed E-state index contributed by atoms with van der Waals surface area (Å²) in [6.07, 6.45) is 6.02. The van der Waals surface area contributed by atoms with Gasteiger partial charge in [0, 0.05) is 0 Å². The van der Waals surface area contributed by atoms with Crippen molar-refractivity contribution in [3.8, 4) is 0 Å². The number of halogens is 1. The Labute approximate surface area is 67.7 Å². The Kier molecular flexibility index (Phi) is 3.50. The zero-order valence-electron chi connectivity index (χ0n) is 6.48. The van der Waals surface area contributed by atoms with Crippen LogP contribution < -0.4 is 0 Å². The van der Waals surface area contributed by atoms with Crippen molar-refractivity contribution in [3.63, 3.8) is 0 Å². The highest BCUT2D eigenvalue weighted by atomic mass is 35.5. The third-order valence-corrected chi connectivity index (χ3v) is 2.24. The average molecular weight is 163 g/mol. The van der Waals surface area contributed by atoms with Gasteiger partial charge in [-0.05, 0) is 6.42 Å². The van der Waals surface area contributed by atoms with Crippen LogP contribution in [0.25, 0.3) is 0 Å².